The van der Waals surface area contributed by atoms with Crippen molar-refractivity contribution >= 4 is 28.9 Å². The average molecular weight is 460 g/mol. The molecule has 32 heavy (non-hydrogen) atoms. The van der Waals surface area contributed by atoms with Gasteiger partial charge in [0, 0.05) is 22.3 Å². The van der Waals surface area contributed by atoms with Gasteiger partial charge in [-0.3, -0.25) is 0 Å². The van der Waals surface area contributed by atoms with Crippen molar-refractivity contribution in [3.05, 3.63) is 83.3 Å². The summed E-state index contributed by atoms with van der Waals surface area (Å²) in [6.07, 6.45) is 1.94. The van der Waals surface area contributed by atoms with Gasteiger partial charge in [-0.1, -0.05) is 23.7 Å². The second-order valence-corrected chi connectivity index (χ2v) is 8.40. The zero-order valence-electron chi connectivity index (χ0n) is 17.1. The number of nitrogens with zero attached hydrogens (tertiary/aromatic N) is 4. The Morgan fingerprint density at radius 2 is 1.78 bits per heavy atom. The van der Waals surface area contributed by atoms with Crippen molar-refractivity contribution in [1.82, 2.24) is 19.7 Å². The van der Waals surface area contributed by atoms with Crippen LogP contribution in [0.4, 0.5) is 5.95 Å². The van der Waals surface area contributed by atoms with Crippen LogP contribution < -0.4 is 10.5 Å². The van der Waals surface area contributed by atoms with Gasteiger partial charge in [0.1, 0.15) is 11.4 Å². The van der Waals surface area contributed by atoms with Crippen LogP contribution >= 0.6 is 22.9 Å². The average Bonchev–Trinajstić information content (AvgIpc) is 3.49. The van der Waals surface area contributed by atoms with Crippen molar-refractivity contribution in [2.24, 2.45) is 0 Å². The van der Waals surface area contributed by atoms with Gasteiger partial charge < -0.3 is 10.5 Å². The molecule has 0 aliphatic heterocycles. The van der Waals surface area contributed by atoms with Crippen LogP contribution in [0.2, 0.25) is 5.02 Å². The van der Waals surface area contributed by atoms with E-state index >= 15 is 0 Å². The van der Waals surface area contributed by atoms with E-state index < -0.39 is 0 Å². The number of nitrogens with two attached hydrogens (primary N) is 1. The van der Waals surface area contributed by atoms with Crippen LogP contribution in [0.5, 0.6) is 5.75 Å². The summed E-state index contributed by atoms with van der Waals surface area (Å²) in [5, 5.41) is 7.51. The molecule has 6 nitrogen and oxygen atoms in total. The third-order valence-electron chi connectivity index (χ3n) is 4.94. The summed E-state index contributed by atoms with van der Waals surface area (Å²) < 4.78 is 7.10. The maximum Gasteiger partial charge on any atom is 0.221 e. The Bertz CT molecular complexity index is 1380. The zero-order chi connectivity index (χ0) is 22.1. The number of halogens is 1. The second-order valence-electron chi connectivity index (χ2n) is 7.02. The summed E-state index contributed by atoms with van der Waals surface area (Å²) in [6, 6.07) is 21.2. The van der Waals surface area contributed by atoms with Crippen LogP contribution in [0.25, 0.3) is 38.8 Å². The van der Waals surface area contributed by atoms with E-state index in [1.807, 2.05) is 78.3 Å². The fraction of sp³-hybridized carbons (Fsp3) is 0.0417. The Balaban J connectivity index is 1.70. The van der Waals surface area contributed by atoms with Gasteiger partial charge in [0.2, 0.25) is 5.95 Å². The highest BCUT2D eigenvalue weighted by molar-refractivity contribution is 7.13. The number of aromatic nitrogens is 4. The molecule has 0 amide bonds. The number of anilines is 1. The highest BCUT2D eigenvalue weighted by atomic mass is 35.5. The first-order valence-corrected chi connectivity index (χ1v) is 11.1. The van der Waals surface area contributed by atoms with Gasteiger partial charge in [-0.25, -0.2) is 14.6 Å². The molecule has 0 fully saturated rings. The lowest BCUT2D eigenvalue weighted by molar-refractivity contribution is 0.415. The van der Waals surface area contributed by atoms with Crippen LogP contribution in [0, 0.1) is 0 Å². The van der Waals surface area contributed by atoms with Crippen molar-refractivity contribution in [1.29, 1.82) is 0 Å². The number of hydrogen-bond donors (Lipinski definition) is 1. The van der Waals surface area contributed by atoms with E-state index in [1.165, 1.54) is 0 Å². The molecular weight excluding hydrogens is 442 g/mol. The Morgan fingerprint density at radius 1 is 0.969 bits per heavy atom. The number of rotatable bonds is 5. The monoisotopic (exact) mass is 459 g/mol. The molecule has 0 radical (unpaired) electrons. The third-order valence-corrected chi connectivity index (χ3v) is 6.07. The van der Waals surface area contributed by atoms with Crippen molar-refractivity contribution in [2.45, 2.75) is 0 Å². The first-order chi connectivity index (χ1) is 15.6. The van der Waals surface area contributed by atoms with E-state index in [0.717, 1.165) is 38.8 Å². The molecule has 3 aromatic heterocycles. The molecule has 5 rings (SSSR count). The minimum Gasteiger partial charge on any atom is -0.497 e. The van der Waals surface area contributed by atoms with Gasteiger partial charge >= 0.3 is 0 Å². The largest absolute Gasteiger partial charge is 0.497 e. The lowest BCUT2D eigenvalue weighted by Gasteiger charge is -2.06. The molecule has 0 bridgehead atoms. The smallest absolute Gasteiger partial charge is 0.221 e. The molecule has 5 aromatic rings. The number of methoxy groups -OCH3 is 1. The molecule has 0 saturated heterocycles. The van der Waals surface area contributed by atoms with E-state index in [9.17, 15) is 0 Å². The normalized spacial score (nSPS) is 10.9. The third kappa shape index (κ3) is 3.95. The maximum atomic E-state index is 6.22. The van der Waals surface area contributed by atoms with E-state index in [0.29, 0.717) is 10.7 Å². The van der Waals surface area contributed by atoms with Gasteiger partial charge in [0.25, 0.3) is 0 Å². The van der Waals surface area contributed by atoms with Crippen LogP contribution in [-0.2, 0) is 0 Å². The summed E-state index contributed by atoms with van der Waals surface area (Å²) in [6.45, 7) is 0. The quantitative estimate of drug-likeness (QED) is 0.350. The zero-order valence-corrected chi connectivity index (χ0v) is 18.6. The summed E-state index contributed by atoms with van der Waals surface area (Å²) in [5.74, 6) is 0.984. The Kier molecular flexibility index (Phi) is 5.34. The van der Waals surface area contributed by atoms with Crippen LogP contribution in [-0.4, -0.2) is 26.9 Å². The number of ether oxygens (including phenoxy) is 1. The number of hydrogen-bond acceptors (Lipinski definition) is 6. The minimum absolute atomic E-state index is 0.210. The molecule has 0 unspecified atom stereocenters. The van der Waals surface area contributed by atoms with E-state index in [-0.39, 0.29) is 5.95 Å². The lowest BCUT2D eigenvalue weighted by atomic mass is 10.0. The SMILES string of the molecule is COc1ccc(-c2nn(-c3cccc(Cl)c3)cc2-c2cc(-c3cccs3)nc(N)n2)cc1. The van der Waals surface area contributed by atoms with Crippen LogP contribution in [0.15, 0.2) is 78.3 Å². The lowest BCUT2D eigenvalue weighted by Crippen LogP contribution is -1.98. The predicted octanol–water partition coefficient (Wildman–Crippen LogP) is 5.97. The van der Waals surface area contributed by atoms with Crippen LogP contribution in [0.1, 0.15) is 0 Å². The van der Waals surface area contributed by atoms with E-state index in [2.05, 4.69) is 9.97 Å². The van der Waals surface area contributed by atoms with Crippen molar-refractivity contribution in [2.75, 3.05) is 12.8 Å². The molecule has 0 aliphatic carbocycles. The number of thiophene rings is 1. The number of nitrogen functional groups attached to an aromatic ring is 1. The summed E-state index contributed by atoms with van der Waals surface area (Å²) >= 11 is 7.82. The van der Waals surface area contributed by atoms with Gasteiger partial charge in [-0.2, -0.15) is 5.10 Å². The fourth-order valence-corrected chi connectivity index (χ4v) is 4.30. The first-order valence-electron chi connectivity index (χ1n) is 9.79. The molecule has 0 aliphatic rings. The molecule has 8 heteroatoms. The Labute approximate surface area is 193 Å². The summed E-state index contributed by atoms with van der Waals surface area (Å²) in [7, 11) is 1.64. The second kappa shape index (κ2) is 8.45. The molecule has 0 spiro atoms. The van der Waals surface area contributed by atoms with Gasteiger partial charge in [-0.05, 0) is 60.0 Å². The van der Waals surface area contributed by atoms with Crippen molar-refractivity contribution < 1.29 is 4.74 Å². The van der Waals surface area contributed by atoms with Gasteiger partial charge in [0.05, 0.1) is 29.1 Å². The van der Waals surface area contributed by atoms with Gasteiger partial charge in [0.15, 0.2) is 0 Å². The highest BCUT2D eigenvalue weighted by Gasteiger charge is 2.18. The van der Waals surface area contributed by atoms with E-state index in [1.54, 1.807) is 23.1 Å². The standard InChI is InChI=1S/C24H18ClN5OS/c1-31-18-9-7-15(8-10-18)23-19(14-30(29-23)17-5-2-4-16(25)12-17)20-13-21(28-24(26)27-20)22-6-3-11-32-22/h2-14H,1H3,(H2,26,27,28). The molecule has 3 heterocycles. The van der Waals surface area contributed by atoms with Crippen molar-refractivity contribution in [3.8, 4) is 44.5 Å². The molecular formula is C24H18ClN5OS. The maximum absolute atomic E-state index is 6.22. The number of benzene rings is 2. The molecule has 0 saturated carbocycles. The Hall–Kier alpha value is -3.68. The molecule has 0 atom stereocenters. The fourth-order valence-electron chi connectivity index (χ4n) is 3.43. The summed E-state index contributed by atoms with van der Waals surface area (Å²) in [5.41, 5.74) is 10.9. The van der Waals surface area contributed by atoms with Crippen LogP contribution in [0.3, 0.4) is 0 Å². The first kappa shape index (κ1) is 20.2. The Morgan fingerprint density at radius 3 is 2.50 bits per heavy atom. The molecule has 2 aromatic carbocycles. The topological polar surface area (TPSA) is 78.8 Å². The molecule has 158 valence electrons. The predicted molar refractivity (Wildman–Crippen MR) is 129 cm³/mol. The highest BCUT2D eigenvalue weighted by Crippen LogP contribution is 2.34. The van der Waals surface area contributed by atoms with E-state index in [4.69, 9.17) is 27.2 Å². The summed E-state index contributed by atoms with van der Waals surface area (Å²) in [4.78, 5) is 9.97. The molecule has 2 N–H and O–H groups in total. The van der Waals surface area contributed by atoms with Crippen molar-refractivity contribution in [3.63, 3.8) is 0 Å². The van der Waals surface area contributed by atoms with Gasteiger partial charge in [-0.15, -0.1) is 11.3 Å². The minimum atomic E-state index is 0.210.